The number of hydrogen-bond acceptors (Lipinski definition) is 0. The predicted molar refractivity (Wildman–Crippen MR) is 71.2 cm³/mol. The molecule has 0 bridgehead atoms. The topological polar surface area (TPSA) is 8.81 Å². The zero-order valence-corrected chi connectivity index (χ0v) is 13.3. The van der Waals surface area contributed by atoms with Crippen LogP contribution in [0.4, 0.5) is 0 Å². The third-order valence-electron chi connectivity index (χ3n) is 2.23. The van der Waals surface area contributed by atoms with Crippen LogP contribution in [0.1, 0.15) is 0 Å². The molecule has 0 aliphatic rings. The van der Waals surface area contributed by atoms with Crippen molar-refractivity contribution in [3.8, 4) is 0 Å². The largest absolute Gasteiger partial charge is 0.276 e. The van der Waals surface area contributed by atoms with Gasteiger partial charge in [-0.05, 0) is 0 Å². The highest BCUT2D eigenvalue weighted by molar-refractivity contribution is 6.83. The van der Waals surface area contributed by atoms with Crippen molar-refractivity contribution >= 4 is 53.4 Å². The number of hydrogen-bond donors (Lipinski definition) is 0. The summed E-state index contributed by atoms with van der Waals surface area (Å²) in [5.41, 5.74) is 1.18. The number of aryl methyl sites for hydroxylation is 2. The molecule has 0 aromatic carbocycles. The number of imidazole rings is 1. The fourth-order valence-electron chi connectivity index (χ4n) is 1.63. The summed E-state index contributed by atoms with van der Waals surface area (Å²) in [7, 11) is 17.8. The van der Waals surface area contributed by atoms with E-state index >= 15 is 0 Å². The van der Waals surface area contributed by atoms with Gasteiger partial charge >= 0.3 is 0 Å². The molecule has 0 saturated carbocycles. The van der Waals surface area contributed by atoms with Crippen molar-refractivity contribution in [3.05, 3.63) is 34.0 Å². The van der Waals surface area contributed by atoms with Crippen molar-refractivity contribution in [1.29, 1.82) is 0 Å². The average molecular weight is 269 g/mol. The van der Waals surface area contributed by atoms with Crippen LogP contribution < -0.4 is 10.3 Å². The normalized spacial score (nSPS) is 10.4. The summed E-state index contributed by atoms with van der Waals surface area (Å²) in [6.07, 6.45) is 4.07. The summed E-state index contributed by atoms with van der Waals surface area (Å²) in [5.74, 6) is 4.15. The lowest BCUT2D eigenvalue weighted by atomic mass is 9.49. The van der Waals surface area contributed by atoms with E-state index in [1.807, 2.05) is 26.5 Å². The van der Waals surface area contributed by atoms with E-state index in [9.17, 15) is 0 Å². The molecule has 0 unspecified atom stereocenters. The molecular weight excluding hydrogens is 259 g/mol. The van der Waals surface area contributed by atoms with Crippen LogP contribution in [0.15, 0.2) is 34.0 Å². The van der Waals surface area contributed by atoms with Crippen molar-refractivity contribution in [2.24, 2.45) is 14.1 Å². The lowest BCUT2D eigenvalue weighted by Gasteiger charge is -2.18. The monoisotopic (exact) mass is 269 g/mol. The quantitative estimate of drug-likeness (QED) is 0.443. The molecule has 0 saturated heterocycles. The third-order valence-corrected chi connectivity index (χ3v) is 2.89. The minimum atomic E-state index is 0.167. The van der Waals surface area contributed by atoms with Gasteiger partial charge in [0.1, 0.15) is 12.4 Å². The van der Waals surface area contributed by atoms with E-state index in [0.29, 0.717) is 0 Å². The highest BCUT2D eigenvalue weighted by atomic mass is 28.2. The van der Waals surface area contributed by atoms with Gasteiger partial charge < -0.3 is 0 Å². The van der Waals surface area contributed by atoms with E-state index in [0.717, 1.165) is 9.64 Å². The minimum absolute atomic E-state index is 0.167. The van der Waals surface area contributed by atoms with Gasteiger partial charge in [-0.2, -0.15) is 0 Å². The summed E-state index contributed by atoms with van der Waals surface area (Å²) in [5, 5.41) is 0. The lowest BCUT2D eigenvalue weighted by Crippen LogP contribution is -2.54. The molecule has 1 aromatic heterocycles. The van der Waals surface area contributed by atoms with Gasteiger partial charge in [0.2, 0.25) is 0 Å². The number of aromatic nitrogens is 2. The molecule has 2 nitrogen and oxygen atoms in total. The van der Waals surface area contributed by atoms with Gasteiger partial charge in [-0.3, -0.25) is 21.1 Å². The Balaban J connectivity index is 3.22. The third kappa shape index (κ3) is 3.58. The zero-order valence-electron chi connectivity index (χ0n) is 9.28. The summed E-state index contributed by atoms with van der Waals surface area (Å²) < 4.78 is 4.20. The van der Waals surface area contributed by atoms with Gasteiger partial charge in [0.25, 0.3) is 0 Å². The fourth-order valence-corrected chi connectivity index (χ4v) is 2.35. The Morgan fingerprint density at radius 2 is 1.75 bits per heavy atom. The van der Waals surface area contributed by atoms with Gasteiger partial charge in [-0.15, -0.1) is 9.64 Å². The Labute approximate surface area is 111 Å². The van der Waals surface area contributed by atoms with Crippen LogP contribution >= 0.6 is 0 Å². The van der Waals surface area contributed by atoms with Crippen molar-refractivity contribution < 1.29 is 4.57 Å². The van der Waals surface area contributed by atoms with Crippen LogP contribution in [0.25, 0.3) is 0 Å². The molecule has 0 aliphatic heterocycles. The second kappa shape index (κ2) is 5.80. The van der Waals surface area contributed by atoms with E-state index in [-0.39, 0.29) is 6.71 Å². The molecule has 1 heterocycles. The van der Waals surface area contributed by atoms with Crippen molar-refractivity contribution in [3.63, 3.8) is 0 Å². The first-order valence-electron chi connectivity index (χ1n) is 4.72. The van der Waals surface area contributed by atoms with Crippen molar-refractivity contribution in [2.45, 2.75) is 0 Å². The standard InChI is InChI=1S/C9H10BN2Si4/c1-11-3-4-12(2)9(11)10(5-7(13)14)6-8(15)16/h3-6H,1-2H3. The molecule has 0 N–H and O–H groups in total. The molecule has 0 spiro atoms. The zero-order chi connectivity index (χ0) is 12.3. The maximum Gasteiger partial charge on any atom is 0.126 e. The molecule has 1 rings (SSSR count). The van der Waals surface area contributed by atoms with E-state index in [4.69, 9.17) is 0 Å². The van der Waals surface area contributed by atoms with E-state index < -0.39 is 0 Å². The lowest BCUT2D eigenvalue weighted by molar-refractivity contribution is -0.653. The molecule has 0 atom stereocenters. The Hall–Kier alpha value is -0.378. The molecule has 0 amide bonds. The van der Waals surface area contributed by atoms with E-state index in [1.165, 1.54) is 5.72 Å². The average Bonchev–Trinajstić information content (AvgIpc) is 2.43. The van der Waals surface area contributed by atoms with Gasteiger partial charge in [0.15, 0.2) is 0 Å². The van der Waals surface area contributed by atoms with Crippen LogP contribution in [0.5, 0.6) is 0 Å². The minimum Gasteiger partial charge on any atom is -0.276 e. The number of rotatable bonds is 3. The summed E-state index contributed by atoms with van der Waals surface area (Å²) in [6, 6.07) is 0. The Kier molecular flexibility index (Phi) is 4.96. The molecule has 1 aromatic rings. The Bertz CT molecular complexity index is 393. The Morgan fingerprint density at radius 3 is 2.06 bits per heavy atom. The first-order chi connectivity index (χ1) is 7.41. The molecule has 7 heteroatoms. The molecule has 13 radical (unpaired) electrons. The summed E-state index contributed by atoms with van der Waals surface area (Å²) >= 11 is 0. The maximum absolute atomic E-state index is 3.45. The first-order valence-corrected chi connectivity index (χ1v) is 6.72. The molecule has 0 aliphatic carbocycles. The van der Waals surface area contributed by atoms with Crippen molar-refractivity contribution in [1.82, 2.24) is 4.57 Å². The van der Waals surface area contributed by atoms with Crippen LogP contribution in [0.3, 0.4) is 0 Å². The van der Waals surface area contributed by atoms with Crippen LogP contribution in [-0.4, -0.2) is 52.2 Å². The fraction of sp³-hybridized carbons (Fsp3) is 0.222. The van der Waals surface area contributed by atoms with Gasteiger partial charge in [0.05, 0.1) is 55.1 Å². The maximum atomic E-state index is 3.45. The summed E-state index contributed by atoms with van der Waals surface area (Å²) in [4.78, 5) is 1.84. The van der Waals surface area contributed by atoms with E-state index in [2.05, 4.69) is 62.1 Å². The highest BCUT2D eigenvalue weighted by Gasteiger charge is 2.09. The van der Waals surface area contributed by atoms with Crippen LogP contribution in [0, 0.1) is 0 Å². The summed E-state index contributed by atoms with van der Waals surface area (Å²) in [6.45, 7) is 0.167. The highest BCUT2D eigenvalue weighted by Crippen LogP contribution is 1.94. The van der Waals surface area contributed by atoms with Gasteiger partial charge in [0, 0.05) is 12.4 Å². The van der Waals surface area contributed by atoms with Gasteiger partial charge in [-0.1, -0.05) is 0 Å². The Morgan fingerprint density at radius 1 is 1.25 bits per heavy atom. The van der Waals surface area contributed by atoms with Crippen molar-refractivity contribution in [2.75, 3.05) is 0 Å². The predicted octanol–water partition coefficient (Wildman–Crippen LogP) is -2.01. The second-order valence-electron chi connectivity index (χ2n) is 3.56. The van der Waals surface area contributed by atoms with Gasteiger partial charge in [-0.25, -0.2) is 0 Å². The first kappa shape index (κ1) is 13.7. The van der Waals surface area contributed by atoms with Crippen LogP contribution in [-0.2, 0) is 14.1 Å². The molecule has 75 valence electrons. The number of nitrogens with zero attached hydrogens (tertiary/aromatic N) is 2. The van der Waals surface area contributed by atoms with E-state index in [1.54, 1.807) is 0 Å². The SMILES string of the molecule is Cn1cc[n+](C)c1[B-](C=C([Si])[Si])C=C([Si])[Si]. The smallest absolute Gasteiger partial charge is 0.126 e. The van der Waals surface area contributed by atoms with Crippen LogP contribution in [0.2, 0.25) is 0 Å². The molecular formula is C9H10BN2Si4. The molecule has 0 fully saturated rings. The molecule has 16 heavy (non-hydrogen) atoms. The second-order valence-corrected chi connectivity index (χ2v) is 6.72.